The van der Waals surface area contributed by atoms with E-state index in [1.165, 1.54) is 5.19 Å². The Morgan fingerprint density at radius 2 is 1.65 bits per heavy atom. The number of aromatic nitrogens is 3. The number of anilines is 2. The second kappa shape index (κ2) is 14.8. The number of fused-ring (bicyclic) bond motifs is 2. The third-order valence-electron chi connectivity index (χ3n) is 10.7. The molecule has 0 aliphatic carbocycles. The first-order valence-electron chi connectivity index (χ1n) is 17.9. The number of nitrogens with zero attached hydrogens (tertiary/aromatic N) is 4. The predicted molar refractivity (Wildman–Crippen MR) is 201 cm³/mol. The lowest BCUT2D eigenvalue weighted by Gasteiger charge is -2.36. The number of methoxy groups -OCH3 is 1. The van der Waals surface area contributed by atoms with E-state index in [2.05, 4.69) is 66.7 Å². The molecule has 0 saturated carbocycles. The van der Waals surface area contributed by atoms with Crippen LogP contribution in [0.15, 0.2) is 103 Å². The second-order valence-electron chi connectivity index (χ2n) is 14.2. The number of carbonyl (C=O) groups is 1. The molecular formula is C41H46N4O5Si. The standard InChI is InChI=1S/C41H46N4O5Si/c1-28-36(49-39(22-24-44-27-30(23-25-46)42-43-44)40(28)51(3,4)33-19-17-32(48-2)18-20-33)21-16-29-10-9-11-31(26-29)45-35-13-6-8-15-38(35)50-37-14-7-5-12-34(37)41(45)47/h5-15,17-20,26-28,36,39-40,46H,16,21-25H2,1-4H3/t28-,36+,39-,40+/m0/s1. The number of aryl methyl sites for hydroxylation is 2. The molecule has 2 aliphatic heterocycles. The first-order chi connectivity index (χ1) is 24.8. The lowest BCUT2D eigenvalue weighted by atomic mass is 9.95. The molecule has 1 saturated heterocycles. The fourth-order valence-electron chi connectivity index (χ4n) is 8.08. The summed E-state index contributed by atoms with van der Waals surface area (Å²) in [4.78, 5) is 15.8. The summed E-state index contributed by atoms with van der Waals surface area (Å²) in [7, 11) is -0.322. The van der Waals surface area contributed by atoms with E-state index in [9.17, 15) is 9.90 Å². The topological polar surface area (TPSA) is 98.9 Å². The van der Waals surface area contributed by atoms with Crippen molar-refractivity contribution in [2.24, 2.45) is 5.92 Å². The van der Waals surface area contributed by atoms with E-state index >= 15 is 0 Å². The Bertz CT molecular complexity index is 1980. The van der Waals surface area contributed by atoms with Crippen molar-refractivity contribution in [3.05, 3.63) is 120 Å². The van der Waals surface area contributed by atoms with Crippen LogP contribution in [-0.4, -0.2) is 60.0 Å². The van der Waals surface area contributed by atoms with Crippen molar-refractivity contribution in [2.45, 2.75) is 70.0 Å². The number of hydrogen-bond donors (Lipinski definition) is 1. The Morgan fingerprint density at radius 3 is 2.43 bits per heavy atom. The Hall–Kier alpha value is -4.77. The van der Waals surface area contributed by atoms with Gasteiger partial charge in [0, 0.05) is 31.5 Å². The van der Waals surface area contributed by atoms with Crippen LogP contribution < -0.4 is 19.6 Å². The molecule has 0 unspecified atom stereocenters. The smallest absolute Gasteiger partial charge is 0.266 e. The molecule has 4 atom stereocenters. The van der Waals surface area contributed by atoms with Gasteiger partial charge in [-0.25, -0.2) is 0 Å². The summed E-state index contributed by atoms with van der Waals surface area (Å²) in [6, 6.07) is 32.0. The molecule has 7 rings (SSSR count). The van der Waals surface area contributed by atoms with Gasteiger partial charge in [0.25, 0.3) is 5.91 Å². The molecular weight excluding hydrogens is 657 g/mol. The van der Waals surface area contributed by atoms with Crippen LogP contribution in [0.1, 0.15) is 41.4 Å². The Labute approximate surface area is 300 Å². The highest BCUT2D eigenvalue weighted by Gasteiger charge is 2.50. The van der Waals surface area contributed by atoms with Crippen LogP contribution >= 0.6 is 0 Å². The van der Waals surface area contributed by atoms with Gasteiger partial charge in [0.2, 0.25) is 0 Å². The quantitative estimate of drug-likeness (QED) is 0.136. The molecule has 2 aliphatic rings. The molecule has 264 valence electrons. The molecule has 1 aromatic heterocycles. The molecule has 1 N–H and O–H groups in total. The van der Waals surface area contributed by atoms with Gasteiger partial charge in [-0.05, 0) is 84.8 Å². The summed E-state index contributed by atoms with van der Waals surface area (Å²) in [5.41, 5.74) is 4.39. The molecule has 0 radical (unpaired) electrons. The Kier molecular flexibility index (Phi) is 10.1. The third-order valence-corrected chi connectivity index (χ3v) is 15.1. The van der Waals surface area contributed by atoms with Crippen molar-refractivity contribution in [1.29, 1.82) is 0 Å². The van der Waals surface area contributed by atoms with Crippen LogP contribution in [0.3, 0.4) is 0 Å². The van der Waals surface area contributed by atoms with Gasteiger partial charge in [-0.3, -0.25) is 14.4 Å². The number of rotatable bonds is 12. The van der Waals surface area contributed by atoms with Crippen molar-refractivity contribution >= 4 is 30.5 Å². The van der Waals surface area contributed by atoms with Crippen molar-refractivity contribution in [3.8, 4) is 17.2 Å². The molecule has 9 nitrogen and oxygen atoms in total. The molecule has 1 fully saturated rings. The second-order valence-corrected chi connectivity index (χ2v) is 18.9. The number of carbonyl (C=O) groups excluding carboxylic acids is 1. The number of para-hydroxylation sites is 3. The molecule has 4 aromatic carbocycles. The van der Waals surface area contributed by atoms with Gasteiger partial charge in [0.1, 0.15) is 11.5 Å². The summed E-state index contributed by atoms with van der Waals surface area (Å²) >= 11 is 0. The van der Waals surface area contributed by atoms with Gasteiger partial charge in [0.05, 0.1) is 44.3 Å². The number of hydrogen-bond acceptors (Lipinski definition) is 7. The normalized spacial score (nSPS) is 20.0. The molecule has 51 heavy (non-hydrogen) atoms. The van der Waals surface area contributed by atoms with E-state index in [4.69, 9.17) is 14.2 Å². The molecule has 0 bridgehead atoms. The predicted octanol–water partition coefficient (Wildman–Crippen LogP) is 7.32. The highest BCUT2D eigenvalue weighted by atomic mass is 28.3. The van der Waals surface area contributed by atoms with Gasteiger partial charge in [-0.1, -0.05) is 78.9 Å². The monoisotopic (exact) mass is 702 g/mol. The first-order valence-corrected chi connectivity index (χ1v) is 20.9. The van der Waals surface area contributed by atoms with E-state index in [0.717, 1.165) is 47.6 Å². The maximum Gasteiger partial charge on any atom is 0.266 e. The molecule has 5 aromatic rings. The zero-order chi connectivity index (χ0) is 35.5. The number of aliphatic hydroxyl groups is 1. The first kappa shape index (κ1) is 34.7. The number of ether oxygens (including phenoxy) is 3. The van der Waals surface area contributed by atoms with E-state index in [0.29, 0.717) is 41.5 Å². The maximum absolute atomic E-state index is 14.0. The summed E-state index contributed by atoms with van der Waals surface area (Å²) in [6.07, 6.45) is 5.09. The highest BCUT2D eigenvalue weighted by Crippen LogP contribution is 2.47. The van der Waals surface area contributed by atoms with Gasteiger partial charge >= 0.3 is 0 Å². The fourth-order valence-corrected chi connectivity index (χ4v) is 12.2. The van der Waals surface area contributed by atoms with Crippen LogP contribution in [0.4, 0.5) is 11.4 Å². The average Bonchev–Trinajstić information content (AvgIpc) is 3.70. The van der Waals surface area contributed by atoms with E-state index < -0.39 is 8.07 Å². The molecule has 1 amide bonds. The summed E-state index contributed by atoms with van der Waals surface area (Å²) in [6.45, 7) is 8.05. The molecule has 0 spiro atoms. The van der Waals surface area contributed by atoms with Crippen LogP contribution in [-0.2, 0) is 24.1 Å². The van der Waals surface area contributed by atoms with Crippen molar-refractivity contribution in [2.75, 3.05) is 18.6 Å². The third kappa shape index (κ3) is 7.08. The summed E-state index contributed by atoms with van der Waals surface area (Å²) < 4.78 is 20.6. The SMILES string of the molecule is COc1ccc([Si](C)(C)[C@@H]2[C@@H](C)[C@@H](CCc3cccc(N4C(=O)c5ccccc5Oc5ccccc54)c3)O[C@H]2CCn2cc(CCO)nn2)cc1. The van der Waals surface area contributed by atoms with Crippen molar-refractivity contribution in [3.63, 3.8) is 0 Å². The number of aliphatic hydroxyl groups excluding tert-OH is 1. The fraction of sp³-hybridized carbons (Fsp3) is 0.341. The lowest BCUT2D eigenvalue weighted by Crippen LogP contribution is -2.50. The van der Waals surface area contributed by atoms with Crippen molar-refractivity contribution in [1.82, 2.24) is 15.0 Å². The molecule has 10 heteroatoms. The maximum atomic E-state index is 14.0. The summed E-state index contributed by atoms with van der Waals surface area (Å²) in [5, 5.41) is 19.3. The van der Waals surface area contributed by atoms with Crippen LogP contribution in [0.5, 0.6) is 17.2 Å². The largest absolute Gasteiger partial charge is 0.497 e. The van der Waals surface area contributed by atoms with Crippen molar-refractivity contribution < 1.29 is 24.1 Å². The number of benzene rings is 4. The average molecular weight is 703 g/mol. The van der Waals surface area contributed by atoms with Gasteiger partial charge in [-0.2, -0.15) is 0 Å². The zero-order valence-electron chi connectivity index (χ0n) is 29.7. The summed E-state index contributed by atoms with van der Waals surface area (Å²) in [5.74, 6) is 2.29. The van der Waals surface area contributed by atoms with E-state index in [-0.39, 0.29) is 24.7 Å². The van der Waals surface area contributed by atoms with Gasteiger partial charge in [0.15, 0.2) is 5.75 Å². The van der Waals surface area contributed by atoms with Gasteiger partial charge < -0.3 is 19.3 Å². The lowest BCUT2D eigenvalue weighted by molar-refractivity contribution is 0.0249. The zero-order valence-corrected chi connectivity index (χ0v) is 30.7. The minimum atomic E-state index is -2.03. The molecule has 3 heterocycles. The van der Waals surface area contributed by atoms with Gasteiger partial charge in [-0.15, -0.1) is 5.10 Å². The highest BCUT2D eigenvalue weighted by molar-refractivity contribution is 6.91. The minimum absolute atomic E-state index is 0.0558. The van der Waals surface area contributed by atoms with Crippen LogP contribution in [0, 0.1) is 5.92 Å². The van der Waals surface area contributed by atoms with Crippen LogP contribution in [0.25, 0.3) is 0 Å². The van der Waals surface area contributed by atoms with E-state index in [1.54, 1.807) is 12.0 Å². The van der Waals surface area contributed by atoms with E-state index in [1.807, 2.05) is 71.5 Å². The Balaban J connectivity index is 1.12. The van der Waals surface area contributed by atoms with Crippen LogP contribution in [0.2, 0.25) is 18.6 Å². The number of amides is 1. The Morgan fingerprint density at radius 1 is 0.882 bits per heavy atom. The minimum Gasteiger partial charge on any atom is -0.497 e.